The topological polar surface area (TPSA) is 20.2 Å². The fourth-order valence-corrected chi connectivity index (χ4v) is 2.12. The molecule has 0 aliphatic rings. The van der Waals surface area contributed by atoms with Gasteiger partial charge >= 0.3 is 0 Å². The quantitative estimate of drug-likeness (QED) is 0.452. The van der Waals surface area contributed by atoms with E-state index in [1.807, 2.05) is 0 Å². The zero-order chi connectivity index (χ0) is 12.8. The summed E-state index contributed by atoms with van der Waals surface area (Å²) in [4.78, 5) is 0. The molecule has 17 heavy (non-hydrogen) atoms. The van der Waals surface area contributed by atoms with Crippen LogP contribution in [0.1, 0.15) is 84.0 Å². The van der Waals surface area contributed by atoms with E-state index in [0.717, 1.165) is 38.5 Å². The summed E-state index contributed by atoms with van der Waals surface area (Å²) in [6.45, 7) is 2.01. The van der Waals surface area contributed by atoms with Gasteiger partial charge in [0.05, 0.1) is 12.8 Å². The molecule has 0 spiro atoms. The third-order valence-electron chi connectivity index (χ3n) is 3.31. The first-order chi connectivity index (χ1) is 8.31. The molecule has 0 aromatic rings. The Morgan fingerprint density at radius 3 is 1.76 bits per heavy atom. The van der Waals surface area contributed by atoms with Crippen molar-refractivity contribution in [3.8, 4) is 0 Å². The Balaban J connectivity index is 3.02. The summed E-state index contributed by atoms with van der Waals surface area (Å²) >= 11 is 0. The predicted molar refractivity (Wildman–Crippen MR) is 73.1 cm³/mol. The Morgan fingerprint density at radius 2 is 1.24 bits per heavy atom. The van der Waals surface area contributed by atoms with Crippen LogP contribution in [0.25, 0.3) is 0 Å². The lowest BCUT2D eigenvalue weighted by Gasteiger charge is -2.09. The molecule has 1 atom stereocenters. The van der Waals surface area contributed by atoms with E-state index in [1.165, 1.54) is 38.5 Å². The Morgan fingerprint density at radius 1 is 0.765 bits per heavy atom. The molecule has 0 radical (unpaired) electrons. The minimum absolute atomic E-state index is 0.0699. The van der Waals surface area contributed by atoms with Crippen LogP contribution in [0.15, 0.2) is 0 Å². The highest BCUT2D eigenvalue weighted by molar-refractivity contribution is 4.56. The molecule has 0 saturated carbocycles. The summed E-state index contributed by atoms with van der Waals surface area (Å²) in [6.07, 6.45) is 13.4. The molecular weight excluding hydrogens is 215 g/mol. The molecule has 0 aliphatic carbocycles. The molecule has 0 aromatic heterocycles. The van der Waals surface area contributed by atoms with Gasteiger partial charge in [0.15, 0.2) is 0 Å². The first-order valence-electron chi connectivity index (χ1n) is 7.55. The summed E-state index contributed by atoms with van der Waals surface area (Å²) in [5.74, 6) is 0. The van der Waals surface area contributed by atoms with E-state index >= 15 is 0 Å². The number of hydrogen-bond acceptors (Lipinski definition) is 1. The van der Waals surface area contributed by atoms with Gasteiger partial charge in [0, 0.05) is 0 Å². The van der Waals surface area contributed by atoms with E-state index in [2.05, 4.69) is 6.92 Å². The van der Waals surface area contributed by atoms with Crippen molar-refractivity contribution in [2.45, 2.75) is 90.1 Å². The van der Waals surface area contributed by atoms with E-state index in [0.29, 0.717) is 0 Å². The van der Waals surface area contributed by atoms with Crippen molar-refractivity contribution in [1.29, 1.82) is 0 Å². The number of halogens is 1. The summed E-state index contributed by atoms with van der Waals surface area (Å²) in [6, 6.07) is 0. The van der Waals surface area contributed by atoms with Gasteiger partial charge in [-0.2, -0.15) is 0 Å². The summed E-state index contributed by atoms with van der Waals surface area (Å²) in [5.41, 5.74) is 0. The Hall–Kier alpha value is -0.110. The van der Waals surface area contributed by atoms with Crippen molar-refractivity contribution in [2.75, 3.05) is 6.67 Å². The largest absolute Gasteiger partial charge is 0.393 e. The maximum Gasteiger partial charge on any atom is 0.0894 e. The van der Waals surface area contributed by atoms with E-state index in [9.17, 15) is 9.50 Å². The number of rotatable bonds is 13. The summed E-state index contributed by atoms with van der Waals surface area (Å²) in [7, 11) is 0. The van der Waals surface area contributed by atoms with Crippen LogP contribution in [0.5, 0.6) is 0 Å². The zero-order valence-corrected chi connectivity index (χ0v) is 11.6. The number of aliphatic hydroxyl groups excluding tert-OH is 1. The second-order valence-electron chi connectivity index (χ2n) is 5.10. The maximum absolute atomic E-state index is 11.8. The highest BCUT2D eigenvalue weighted by Crippen LogP contribution is 2.12. The van der Waals surface area contributed by atoms with Crippen LogP contribution in [0, 0.1) is 0 Å². The molecule has 0 amide bonds. The smallest absolute Gasteiger partial charge is 0.0894 e. The standard InChI is InChI=1S/C15H31FO/c1-2-3-12-15(17)13-10-8-6-4-5-7-9-11-14-16/h15,17H,2-14H2,1H3. The number of aliphatic hydroxyl groups is 1. The SMILES string of the molecule is CCCCC(O)CCCCCCCCCCF. The molecule has 0 fully saturated rings. The van der Waals surface area contributed by atoms with Crippen LogP contribution in [-0.4, -0.2) is 17.9 Å². The lowest BCUT2D eigenvalue weighted by molar-refractivity contribution is 0.148. The molecule has 0 heterocycles. The number of hydrogen-bond donors (Lipinski definition) is 1. The average Bonchev–Trinajstić information content (AvgIpc) is 2.34. The van der Waals surface area contributed by atoms with Crippen LogP contribution < -0.4 is 0 Å². The number of alkyl halides is 1. The fourth-order valence-electron chi connectivity index (χ4n) is 2.12. The van der Waals surface area contributed by atoms with Crippen molar-refractivity contribution in [1.82, 2.24) is 0 Å². The highest BCUT2D eigenvalue weighted by atomic mass is 19.1. The van der Waals surface area contributed by atoms with Gasteiger partial charge in [0.25, 0.3) is 0 Å². The molecule has 104 valence electrons. The first-order valence-corrected chi connectivity index (χ1v) is 7.55. The molecule has 0 saturated heterocycles. The van der Waals surface area contributed by atoms with E-state index < -0.39 is 0 Å². The van der Waals surface area contributed by atoms with Crippen LogP contribution >= 0.6 is 0 Å². The highest BCUT2D eigenvalue weighted by Gasteiger charge is 2.02. The van der Waals surface area contributed by atoms with Crippen molar-refractivity contribution < 1.29 is 9.50 Å². The Bertz CT molecular complexity index is 139. The number of unbranched alkanes of at least 4 members (excludes halogenated alkanes) is 8. The molecule has 1 N–H and O–H groups in total. The molecule has 1 nitrogen and oxygen atoms in total. The Kier molecular flexibility index (Phi) is 13.9. The minimum atomic E-state index is -0.157. The van der Waals surface area contributed by atoms with Gasteiger partial charge in [-0.1, -0.05) is 64.7 Å². The van der Waals surface area contributed by atoms with Crippen LogP contribution in [0.4, 0.5) is 4.39 Å². The second kappa shape index (κ2) is 14.0. The van der Waals surface area contributed by atoms with Crippen LogP contribution in [0.2, 0.25) is 0 Å². The monoisotopic (exact) mass is 246 g/mol. The van der Waals surface area contributed by atoms with Gasteiger partial charge in [-0.05, 0) is 19.3 Å². The van der Waals surface area contributed by atoms with Gasteiger partial charge in [-0.15, -0.1) is 0 Å². The van der Waals surface area contributed by atoms with Gasteiger partial charge in [0.1, 0.15) is 0 Å². The van der Waals surface area contributed by atoms with E-state index in [-0.39, 0.29) is 12.8 Å². The Labute approximate surface area is 107 Å². The lowest BCUT2D eigenvalue weighted by atomic mass is 10.0. The van der Waals surface area contributed by atoms with E-state index in [1.54, 1.807) is 0 Å². The molecule has 0 rings (SSSR count). The zero-order valence-electron chi connectivity index (χ0n) is 11.6. The van der Waals surface area contributed by atoms with Crippen LogP contribution in [-0.2, 0) is 0 Å². The third kappa shape index (κ3) is 13.8. The molecule has 0 aromatic carbocycles. The van der Waals surface area contributed by atoms with Crippen molar-refractivity contribution in [3.05, 3.63) is 0 Å². The second-order valence-corrected chi connectivity index (χ2v) is 5.10. The van der Waals surface area contributed by atoms with Gasteiger partial charge < -0.3 is 5.11 Å². The molecule has 0 bridgehead atoms. The third-order valence-corrected chi connectivity index (χ3v) is 3.31. The fraction of sp³-hybridized carbons (Fsp3) is 1.00. The van der Waals surface area contributed by atoms with E-state index in [4.69, 9.17) is 0 Å². The predicted octanol–water partition coefficient (Wildman–Crippen LogP) is 5.02. The average molecular weight is 246 g/mol. The maximum atomic E-state index is 11.8. The molecule has 2 heteroatoms. The molecular formula is C15H31FO. The van der Waals surface area contributed by atoms with Crippen molar-refractivity contribution in [3.63, 3.8) is 0 Å². The normalized spacial score (nSPS) is 12.9. The van der Waals surface area contributed by atoms with Crippen LogP contribution in [0.3, 0.4) is 0 Å². The first kappa shape index (κ1) is 16.9. The van der Waals surface area contributed by atoms with Gasteiger partial charge in [-0.25, -0.2) is 0 Å². The molecule has 0 aliphatic heterocycles. The van der Waals surface area contributed by atoms with Crippen molar-refractivity contribution >= 4 is 0 Å². The summed E-state index contributed by atoms with van der Waals surface area (Å²) in [5, 5.41) is 9.64. The lowest BCUT2D eigenvalue weighted by Crippen LogP contribution is -2.05. The van der Waals surface area contributed by atoms with Gasteiger partial charge in [-0.3, -0.25) is 4.39 Å². The summed E-state index contributed by atoms with van der Waals surface area (Å²) < 4.78 is 11.8. The molecule has 1 unspecified atom stereocenters. The van der Waals surface area contributed by atoms with Crippen molar-refractivity contribution in [2.24, 2.45) is 0 Å². The minimum Gasteiger partial charge on any atom is -0.393 e. The van der Waals surface area contributed by atoms with Gasteiger partial charge in [0.2, 0.25) is 0 Å².